The second-order valence-electron chi connectivity index (χ2n) is 6.11. The summed E-state index contributed by atoms with van der Waals surface area (Å²) in [5.41, 5.74) is 0.961. The Kier molecular flexibility index (Phi) is 3.94. The van der Waals surface area contributed by atoms with E-state index in [0.717, 1.165) is 30.6 Å². The molecule has 1 heterocycles. The van der Waals surface area contributed by atoms with E-state index in [1.54, 1.807) is 12.1 Å². The van der Waals surface area contributed by atoms with Crippen LogP contribution in [-0.2, 0) is 11.2 Å². The molecule has 1 aliphatic heterocycles. The van der Waals surface area contributed by atoms with Crippen molar-refractivity contribution in [3.63, 3.8) is 0 Å². The molecule has 1 aromatic rings. The van der Waals surface area contributed by atoms with Crippen LogP contribution in [0.25, 0.3) is 0 Å². The smallest absolute Gasteiger partial charge is 0.123 e. The molecular weight excluding hydrogens is 257 g/mol. The molecular formula is C16H22FNO2. The second kappa shape index (κ2) is 5.70. The Balaban J connectivity index is 1.49. The summed E-state index contributed by atoms with van der Waals surface area (Å²) in [7, 11) is 0. The summed E-state index contributed by atoms with van der Waals surface area (Å²) in [5.74, 6) is 0.626. The zero-order valence-corrected chi connectivity index (χ0v) is 12.1. The Bertz CT molecular complexity index is 472. The lowest BCUT2D eigenvalue weighted by atomic mass is 9.87. The van der Waals surface area contributed by atoms with Gasteiger partial charge in [0.2, 0.25) is 0 Å². The van der Waals surface area contributed by atoms with Crippen molar-refractivity contribution in [1.29, 1.82) is 0 Å². The third-order valence-electron chi connectivity index (χ3n) is 3.96. The quantitative estimate of drug-likeness (QED) is 0.919. The minimum Gasteiger partial charge on any atom is -0.492 e. The molecule has 0 radical (unpaired) electrons. The van der Waals surface area contributed by atoms with Gasteiger partial charge in [-0.15, -0.1) is 0 Å². The Hall–Kier alpha value is -1.13. The predicted octanol–water partition coefficient (Wildman–Crippen LogP) is 2.67. The number of rotatable bonds is 4. The first-order valence-corrected chi connectivity index (χ1v) is 7.43. The molecule has 1 N–H and O–H groups in total. The van der Waals surface area contributed by atoms with Crippen molar-refractivity contribution in [3.8, 4) is 5.75 Å². The number of ether oxygens (including phenoxy) is 2. The molecule has 20 heavy (non-hydrogen) atoms. The molecule has 4 heteroatoms. The van der Waals surface area contributed by atoms with E-state index in [4.69, 9.17) is 9.47 Å². The summed E-state index contributed by atoms with van der Waals surface area (Å²) in [6, 6.07) is 5.52. The summed E-state index contributed by atoms with van der Waals surface area (Å²) in [4.78, 5) is 0. The third kappa shape index (κ3) is 3.13. The molecule has 0 amide bonds. The largest absolute Gasteiger partial charge is 0.492 e. The molecule has 0 bridgehead atoms. The van der Waals surface area contributed by atoms with Gasteiger partial charge in [0, 0.05) is 12.1 Å². The van der Waals surface area contributed by atoms with Crippen LogP contribution in [0.2, 0.25) is 0 Å². The Morgan fingerprint density at radius 1 is 1.30 bits per heavy atom. The van der Waals surface area contributed by atoms with Gasteiger partial charge in [0.05, 0.1) is 12.2 Å². The van der Waals surface area contributed by atoms with Gasteiger partial charge in [-0.1, -0.05) is 0 Å². The van der Waals surface area contributed by atoms with E-state index in [1.807, 2.05) is 0 Å². The van der Waals surface area contributed by atoms with Gasteiger partial charge in [-0.05, 0) is 56.9 Å². The van der Waals surface area contributed by atoms with Crippen molar-refractivity contribution >= 4 is 0 Å². The zero-order valence-electron chi connectivity index (χ0n) is 12.1. The van der Waals surface area contributed by atoms with E-state index in [-0.39, 0.29) is 11.9 Å². The number of halogens is 1. The van der Waals surface area contributed by atoms with Crippen LogP contribution in [-0.4, -0.2) is 30.9 Å². The average molecular weight is 279 g/mol. The maximum Gasteiger partial charge on any atom is 0.123 e. The number of nitrogens with one attached hydrogen (secondary N) is 1. The Labute approximate surface area is 119 Å². The highest BCUT2D eigenvalue weighted by Gasteiger charge is 2.33. The first-order chi connectivity index (χ1) is 9.60. The van der Waals surface area contributed by atoms with E-state index in [9.17, 15) is 4.39 Å². The fraction of sp³-hybridized carbons (Fsp3) is 0.625. The van der Waals surface area contributed by atoms with Gasteiger partial charge in [0.15, 0.2) is 0 Å². The summed E-state index contributed by atoms with van der Waals surface area (Å²) in [5, 5.41) is 3.59. The summed E-state index contributed by atoms with van der Waals surface area (Å²) in [6.07, 6.45) is 3.64. The van der Waals surface area contributed by atoms with Crippen molar-refractivity contribution in [2.75, 3.05) is 6.61 Å². The molecule has 1 unspecified atom stereocenters. The lowest BCUT2D eigenvalue weighted by Crippen LogP contribution is -2.52. The van der Waals surface area contributed by atoms with Crippen molar-refractivity contribution in [2.24, 2.45) is 0 Å². The summed E-state index contributed by atoms with van der Waals surface area (Å²) >= 11 is 0. The van der Waals surface area contributed by atoms with Gasteiger partial charge in [0.1, 0.15) is 18.2 Å². The molecule has 3 rings (SSSR count). The van der Waals surface area contributed by atoms with E-state index in [1.165, 1.54) is 6.07 Å². The van der Waals surface area contributed by atoms with Crippen LogP contribution < -0.4 is 10.1 Å². The van der Waals surface area contributed by atoms with E-state index in [2.05, 4.69) is 19.2 Å². The van der Waals surface area contributed by atoms with Crippen molar-refractivity contribution in [1.82, 2.24) is 5.32 Å². The topological polar surface area (TPSA) is 30.5 Å². The molecule has 0 aromatic heterocycles. The van der Waals surface area contributed by atoms with Crippen LogP contribution in [0.3, 0.4) is 0 Å². The first kappa shape index (κ1) is 13.8. The third-order valence-corrected chi connectivity index (χ3v) is 3.96. The normalized spacial score (nSPS) is 28.7. The van der Waals surface area contributed by atoms with E-state index >= 15 is 0 Å². The number of hydrogen-bond acceptors (Lipinski definition) is 3. The van der Waals surface area contributed by atoms with Crippen LogP contribution in [0.5, 0.6) is 5.75 Å². The van der Waals surface area contributed by atoms with Crippen molar-refractivity contribution < 1.29 is 13.9 Å². The van der Waals surface area contributed by atoms with E-state index in [0.29, 0.717) is 24.9 Å². The molecule has 1 aliphatic carbocycles. The average Bonchev–Trinajstić information content (AvgIpc) is 2.35. The Morgan fingerprint density at radius 2 is 2.10 bits per heavy atom. The van der Waals surface area contributed by atoms with Crippen LogP contribution in [0.15, 0.2) is 18.2 Å². The molecule has 3 nitrogen and oxygen atoms in total. The van der Waals surface area contributed by atoms with Crippen LogP contribution in [0.1, 0.15) is 32.3 Å². The van der Waals surface area contributed by atoms with E-state index < -0.39 is 0 Å². The van der Waals surface area contributed by atoms with Gasteiger partial charge in [-0.25, -0.2) is 4.39 Å². The second-order valence-corrected chi connectivity index (χ2v) is 6.11. The SMILES string of the molecule is CC(C)OC1CC(NC2COc3ccc(F)cc3C2)C1. The first-order valence-electron chi connectivity index (χ1n) is 7.43. The molecule has 1 atom stereocenters. The fourth-order valence-corrected chi connectivity index (χ4v) is 3.00. The molecule has 2 aliphatic rings. The monoisotopic (exact) mass is 279 g/mol. The van der Waals surface area contributed by atoms with Crippen LogP contribution >= 0.6 is 0 Å². The van der Waals surface area contributed by atoms with Gasteiger partial charge in [-0.3, -0.25) is 0 Å². The minimum atomic E-state index is -0.193. The predicted molar refractivity (Wildman–Crippen MR) is 75.6 cm³/mol. The number of benzene rings is 1. The summed E-state index contributed by atoms with van der Waals surface area (Å²) < 4.78 is 24.7. The zero-order chi connectivity index (χ0) is 14.1. The molecule has 110 valence electrons. The fourth-order valence-electron chi connectivity index (χ4n) is 3.00. The van der Waals surface area contributed by atoms with Gasteiger partial charge < -0.3 is 14.8 Å². The number of hydrogen-bond donors (Lipinski definition) is 1. The summed E-state index contributed by atoms with van der Waals surface area (Å²) in [6.45, 7) is 4.80. The molecule has 1 fully saturated rings. The van der Waals surface area contributed by atoms with Gasteiger partial charge >= 0.3 is 0 Å². The standard InChI is InChI=1S/C16H22FNO2/c1-10(2)20-15-7-13(8-15)18-14-6-11-5-12(17)3-4-16(11)19-9-14/h3-5,10,13-15,18H,6-9H2,1-2H3. The minimum absolute atomic E-state index is 0.193. The highest BCUT2D eigenvalue weighted by Crippen LogP contribution is 2.28. The van der Waals surface area contributed by atoms with Crippen molar-refractivity contribution in [2.45, 2.75) is 57.4 Å². The lowest BCUT2D eigenvalue weighted by molar-refractivity contribution is -0.0525. The maximum absolute atomic E-state index is 13.2. The van der Waals surface area contributed by atoms with Gasteiger partial charge in [0.25, 0.3) is 0 Å². The highest BCUT2D eigenvalue weighted by molar-refractivity contribution is 5.36. The maximum atomic E-state index is 13.2. The Morgan fingerprint density at radius 3 is 2.85 bits per heavy atom. The molecule has 1 aromatic carbocycles. The van der Waals surface area contributed by atoms with Crippen LogP contribution in [0, 0.1) is 5.82 Å². The lowest BCUT2D eigenvalue weighted by Gasteiger charge is -2.40. The molecule has 1 saturated carbocycles. The van der Waals surface area contributed by atoms with Crippen LogP contribution in [0.4, 0.5) is 4.39 Å². The molecule has 0 saturated heterocycles. The number of fused-ring (bicyclic) bond motifs is 1. The van der Waals surface area contributed by atoms with Crippen molar-refractivity contribution in [3.05, 3.63) is 29.6 Å². The van der Waals surface area contributed by atoms with Gasteiger partial charge in [-0.2, -0.15) is 0 Å². The molecule has 0 spiro atoms. The highest BCUT2D eigenvalue weighted by atomic mass is 19.1.